The molecule has 0 amide bonds. The van der Waals surface area contributed by atoms with Crippen LogP contribution in [0.15, 0.2) is 16.7 Å². The molecule has 1 aromatic heterocycles. The maximum Gasteiger partial charge on any atom is 0.309 e. The van der Waals surface area contributed by atoms with E-state index in [2.05, 4.69) is 20.9 Å². The van der Waals surface area contributed by atoms with Crippen LogP contribution in [0, 0.1) is 17.2 Å². The number of esters is 1. The van der Waals surface area contributed by atoms with Crippen molar-refractivity contribution in [2.75, 3.05) is 0 Å². The van der Waals surface area contributed by atoms with Crippen molar-refractivity contribution in [1.29, 1.82) is 5.26 Å². The first kappa shape index (κ1) is 16.8. The number of halogens is 1. The van der Waals surface area contributed by atoms with E-state index in [4.69, 9.17) is 14.7 Å². The third-order valence-corrected chi connectivity index (χ3v) is 3.98. The van der Waals surface area contributed by atoms with Crippen molar-refractivity contribution in [2.24, 2.45) is 5.92 Å². The van der Waals surface area contributed by atoms with Crippen molar-refractivity contribution in [3.63, 3.8) is 0 Å². The Labute approximate surface area is 138 Å². The van der Waals surface area contributed by atoms with Crippen molar-refractivity contribution < 1.29 is 14.3 Å². The number of carbonyl (C=O) groups excluding carboxylic acids is 1. The van der Waals surface area contributed by atoms with Gasteiger partial charge in [0.2, 0.25) is 0 Å². The van der Waals surface area contributed by atoms with Gasteiger partial charge in [-0.2, -0.15) is 5.26 Å². The van der Waals surface area contributed by atoms with Crippen molar-refractivity contribution in [2.45, 2.75) is 51.7 Å². The highest BCUT2D eigenvalue weighted by Crippen LogP contribution is 2.30. The number of aromatic nitrogens is 1. The van der Waals surface area contributed by atoms with Gasteiger partial charge in [0.15, 0.2) is 11.4 Å². The molecule has 0 saturated heterocycles. The predicted octanol–water partition coefficient (Wildman–Crippen LogP) is 3.60. The molecule has 0 unspecified atom stereocenters. The summed E-state index contributed by atoms with van der Waals surface area (Å²) in [5.41, 5.74) is 0.251. The van der Waals surface area contributed by atoms with E-state index in [-0.39, 0.29) is 29.8 Å². The molecule has 1 aliphatic rings. The lowest BCUT2D eigenvalue weighted by molar-refractivity contribution is -0.154. The summed E-state index contributed by atoms with van der Waals surface area (Å²) < 4.78 is 11.8. The Kier molecular flexibility index (Phi) is 5.78. The Bertz CT molecular complexity index is 583. The van der Waals surface area contributed by atoms with Crippen LogP contribution in [0.4, 0.5) is 0 Å². The van der Waals surface area contributed by atoms with Crippen LogP contribution in [0.2, 0.25) is 0 Å². The second-order valence-corrected chi connectivity index (χ2v) is 6.49. The monoisotopic (exact) mass is 366 g/mol. The van der Waals surface area contributed by atoms with Gasteiger partial charge in [0.1, 0.15) is 10.7 Å². The van der Waals surface area contributed by atoms with Crippen molar-refractivity contribution in [3.8, 4) is 11.8 Å². The molecule has 22 heavy (non-hydrogen) atoms. The minimum absolute atomic E-state index is 0.0893. The number of ether oxygens (including phenoxy) is 2. The van der Waals surface area contributed by atoms with E-state index in [0.29, 0.717) is 16.8 Å². The lowest BCUT2D eigenvalue weighted by Crippen LogP contribution is -2.32. The first-order valence-corrected chi connectivity index (χ1v) is 8.22. The van der Waals surface area contributed by atoms with Crippen LogP contribution in [0.3, 0.4) is 0 Å². The highest BCUT2D eigenvalue weighted by Gasteiger charge is 2.30. The summed E-state index contributed by atoms with van der Waals surface area (Å²) >= 11 is 3.23. The molecule has 1 saturated carbocycles. The minimum Gasteiger partial charge on any atom is -0.487 e. The molecule has 118 valence electrons. The summed E-state index contributed by atoms with van der Waals surface area (Å²) in [6.45, 7) is 3.70. The van der Waals surface area contributed by atoms with E-state index >= 15 is 0 Å². The second-order valence-electron chi connectivity index (χ2n) is 5.68. The fourth-order valence-corrected chi connectivity index (χ4v) is 2.88. The normalized spacial score (nSPS) is 21.2. The van der Waals surface area contributed by atoms with Crippen LogP contribution in [-0.2, 0) is 9.53 Å². The molecule has 1 aliphatic carbocycles. The van der Waals surface area contributed by atoms with Crippen molar-refractivity contribution in [3.05, 3.63) is 22.4 Å². The predicted molar refractivity (Wildman–Crippen MR) is 84.3 cm³/mol. The molecule has 1 fully saturated rings. The van der Waals surface area contributed by atoms with Gasteiger partial charge < -0.3 is 9.47 Å². The zero-order valence-corrected chi connectivity index (χ0v) is 14.3. The number of nitriles is 1. The molecular weight excluding hydrogens is 348 g/mol. The zero-order chi connectivity index (χ0) is 16.1. The molecular formula is C16H19BrN2O3. The van der Waals surface area contributed by atoms with E-state index in [9.17, 15) is 4.79 Å². The van der Waals surface area contributed by atoms with Crippen LogP contribution in [0.5, 0.6) is 5.75 Å². The lowest BCUT2D eigenvalue weighted by Gasteiger charge is -2.29. The summed E-state index contributed by atoms with van der Waals surface area (Å²) in [6, 6.07) is 5.50. The van der Waals surface area contributed by atoms with Crippen LogP contribution >= 0.6 is 15.9 Å². The average Bonchev–Trinajstić information content (AvgIpc) is 2.48. The molecule has 0 spiro atoms. The Balaban J connectivity index is 2.02. The second kappa shape index (κ2) is 7.59. The van der Waals surface area contributed by atoms with Gasteiger partial charge in [-0.3, -0.25) is 4.79 Å². The Morgan fingerprint density at radius 1 is 1.45 bits per heavy atom. The zero-order valence-electron chi connectivity index (χ0n) is 12.7. The molecule has 2 rings (SSSR count). The molecule has 0 N–H and O–H groups in total. The molecule has 1 aromatic rings. The van der Waals surface area contributed by atoms with Gasteiger partial charge in [0.25, 0.3) is 0 Å². The Morgan fingerprint density at radius 2 is 2.23 bits per heavy atom. The summed E-state index contributed by atoms with van der Waals surface area (Å²) in [5.74, 6) is 0.182. The number of rotatable bonds is 4. The van der Waals surface area contributed by atoms with Gasteiger partial charge in [-0.1, -0.05) is 0 Å². The third kappa shape index (κ3) is 4.44. The summed E-state index contributed by atoms with van der Waals surface area (Å²) in [7, 11) is 0. The van der Waals surface area contributed by atoms with Gasteiger partial charge in [-0.05, 0) is 67.6 Å². The van der Waals surface area contributed by atoms with Crippen LogP contribution in [0.25, 0.3) is 0 Å². The first-order chi connectivity index (χ1) is 10.5. The summed E-state index contributed by atoms with van der Waals surface area (Å²) in [4.78, 5) is 16.1. The minimum atomic E-state index is -0.155. The van der Waals surface area contributed by atoms with E-state index in [0.717, 1.165) is 19.3 Å². The molecule has 0 aliphatic heterocycles. The van der Waals surface area contributed by atoms with E-state index < -0.39 is 0 Å². The molecule has 6 heteroatoms. The topological polar surface area (TPSA) is 72.2 Å². The number of carbonyl (C=O) groups is 1. The van der Waals surface area contributed by atoms with E-state index in [1.54, 1.807) is 12.1 Å². The van der Waals surface area contributed by atoms with E-state index in [1.807, 2.05) is 19.9 Å². The Hall–Kier alpha value is -1.61. The van der Waals surface area contributed by atoms with Crippen molar-refractivity contribution >= 4 is 21.9 Å². The van der Waals surface area contributed by atoms with Crippen LogP contribution < -0.4 is 4.74 Å². The van der Waals surface area contributed by atoms with Gasteiger partial charge in [-0.25, -0.2) is 4.98 Å². The standard InChI is InChI=1S/C16H19BrN2O3/c1-10(2)21-16(20)11-4-3-5-12(8-11)22-14-6-7-15(17)19-13(14)9-18/h6-7,10-12H,3-5,8H2,1-2H3/t11-,12-/m0/s1. The van der Waals surface area contributed by atoms with Crippen LogP contribution in [0.1, 0.15) is 45.2 Å². The third-order valence-electron chi connectivity index (χ3n) is 3.54. The highest BCUT2D eigenvalue weighted by molar-refractivity contribution is 9.10. The molecule has 0 aromatic carbocycles. The van der Waals surface area contributed by atoms with Crippen LogP contribution in [-0.4, -0.2) is 23.2 Å². The molecule has 5 nitrogen and oxygen atoms in total. The molecule has 2 atom stereocenters. The van der Waals surface area contributed by atoms with Crippen molar-refractivity contribution in [1.82, 2.24) is 4.98 Å². The maximum atomic E-state index is 12.0. The smallest absolute Gasteiger partial charge is 0.309 e. The van der Waals surface area contributed by atoms with Gasteiger partial charge >= 0.3 is 5.97 Å². The van der Waals surface area contributed by atoms with Gasteiger partial charge in [0.05, 0.1) is 18.1 Å². The van der Waals surface area contributed by atoms with Gasteiger partial charge in [-0.15, -0.1) is 0 Å². The SMILES string of the molecule is CC(C)OC(=O)[C@H]1CCC[C@H](Oc2ccc(Br)nc2C#N)C1. The summed E-state index contributed by atoms with van der Waals surface area (Å²) in [5, 5.41) is 9.12. The highest BCUT2D eigenvalue weighted by atomic mass is 79.9. The number of hydrogen-bond donors (Lipinski definition) is 0. The number of pyridine rings is 1. The van der Waals surface area contributed by atoms with E-state index in [1.165, 1.54) is 0 Å². The molecule has 0 radical (unpaired) electrons. The fourth-order valence-electron chi connectivity index (χ4n) is 2.57. The van der Waals surface area contributed by atoms with Gasteiger partial charge in [0, 0.05) is 0 Å². The first-order valence-electron chi connectivity index (χ1n) is 7.43. The molecule has 0 bridgehead atoms. The molecule has 1 heterocycles. The maximum absolute atomic E-state index is 12.0. The number of hydrogen-bond acceptors (Lipinski definition) is 5. The fraction of sp³-hybridized carbons (Fsp3) is 0.562. The lowest BCUT2D eigenvalue weighted by atomic mass is 9.87. The average molecular weight is 367 g/mol. The largest absolute Gasteiger partial charge is 0.487 e. The Morgan fingerprint density at radius 3 is 2.91 bits per heavy atom. The summed E-state index contributed by atoms with van der Waals surface area (Å²) in [6.07, 6.45) is 3.03. The quantitative estimate of drug-likeness (QED) is 0.601. The number of nitrogens with zero attached hydrogens (tertiary/aromatic N) is 2.